The molecule has 27 heavy (non-hydrogen) atoms. The zero-order valence-electron chi connectivity index (χ0n) is 16.6. The van der Waals surface area contributed by atoms with Gasteiger partial charge in [0, 0.05) is 25.1 Å². The summed E-state index contributed by atoms with van der Waals surface area (Å²) in [6, 6.07) is 7.25. The molecule has 2 rings (SSSR count). The highest BCUT2D eigenvalue weighted by atomic mass is 16.5. The van der Waals surface area contributed by atoms with E-state index in [2.05, 4.69) is 16.9 Å². The molecular formula is C22H30N2O3. The second kappa shape index (κ2) is 11.4. The molecule has 1 unspecified atom stereocenters. The van der Waals surface area contributed by atoms with Crippen molar-refractivity contribution in [3.8, 4) is 17.1 Å². The van der Waals surface area contributed by atoms with Crippen molar-refractivity contribution in [3.63, 3.8) is 0 Å². The van der Waals surface area contributed by atoms with Crippen LogP contribution in [0.3, 0.4) is 0 Å². The number of esters is 1. The van der Waals surface area contributed by atoms with Gasteiger partial charge in [0.15, 0.2) is 5.82 Å². The maximum absolute atomic E-state index is 11.9. The van der Waals surface area contributed by atoms with Crippen molar-refractivity contribution >= 4 is 5.97 Å². The molecule has 0 spiro atoms. The van der Waals surface area contributed by atoms with Crippen LogP contribution < -0.4 is 4.74 Å². The lowest BCUT2D eigenvalue weighted by atomic mass is 10.1. The molecule has 0 N–H and O–H groups in total. The predicted molar refractivity (Wildman–Crippen MR) is 107 cm³/mol. The minimum Gasteiger partial charge on any atom is -0.426 e. The molecule has 0 amide bonds. The largest absolute Gasteiger partial charge is 0.426 e. The third-order valence-corrected chi connectivity index (χ3v) is 4.42. The topological polar surface area (TPSA) is 61.3 Å². The van der Waals surface area contributed by atoms with Crippen molar-refractivity contribution in [1.29, 1.82) is 0 Å². The molecule has 2 aromatic rings. The highest BCUT2D eigenvalue weighted by Gasteiger charge is 2.15. The minimum absolute atomic E-state index is 0.299. The van der Waals surface area contributed by atoms with E-state index in [1.165, 1.54) is 37.7 Å². The summed E-state index contributed by atoms with van der Waals surface area (Å²) in [5.74, 6) is 0.586. The van der Waals surface area contributed by atoms with E-state index < -0.39 is 0 Å². The van der Waals surface area contributed by atoms with E-state index in [1.807, 2.05) is 24.5 Å². The molecule has 0 aliphatic heterocycles. The summed E-state index contributed by atoms with van der Waals surface area (Å²) < 4.78 is 10.3. The summed E-state index contributed by atoms with van der Waals surface area (Å²) in [7, 11) is 1.57. The molecule has 0 aliphatic rings. The van der Waals surface area contributed by atoms with Crippen LogP contribution in [0.1, 0.15) is 51.5 Å². The first-order valence-corrected chi connectivity index (χ1v) is 9.76. The molecule has 1 aromatic heterocycles. The van der Waals surface area contributed by atoms with E-state index in [0.29, 0.717) is 18.2 Å². The average molecular weight is 370 g/mol. The van der Waals surface area contributed by atoms with Crippen molar-refractivity contribution in [1.82, 2.24) is 9.97 Å². The van der Waals surface area contributed by atoms with Crippen LogP contribution in [-0.4, -0.2) is 29.7 Å². The Bertz CT molecular complexity index is 684. The van der Waals surface area contributed by atoms with Crippen LogP contribution in [0.5, 0.6) is 5.75 Å². The maximum atomic E-state index is 11.9. The predicted octanol–water partition coefficient (Wildman–Crippen LogP) is 4.84. The van der Waals surface area contributed by atoms with Gasteiger partial charge in [0.05, 0.1) is 12.5 Å². The first kappa shape index (κ1) is 21.0. The van der Waals surface area contributed by atoms with Crippen LogP contribution in [0, 0.1) is 5.92 Å². The third kappa shape index (κ3) is 7.10. The lowest BCUT2D eigenvalue weighted by Gasteiger charge is -2.10. The van der Waals surface area contributed by atoms with Crippen LogP contribution in [0.2, 0.25) is 0 Å². The Morgan fingerprint density at radius 2 is 1.70 bits per heavy atom. The van der Waals surface area contributed by atoms with Crippen LogP contribution in [0.15, 0.2) is 36.7 Å². The van der Waals surface area contributed by atoms with Crippen LogP contribution >= 0.6 is 0 Å². The molecule has 0 bridgehead atoms. The Labute approximate surface area is 162 Å². The minimum atomic E-state index is -0.302. The molecule has 5 nitrogen and oxygen atoms in total. The SMILES string of the molecule is CCCCCCCc1cnc(-c2ccc(OC(=O)C(C)COC)cc2)nc1. The molecule has 0 fully saturated rings. The van der Waals surface area contributed by atoms with Crippen LogP contribution in [0.25, 0.3) is 11.4 Å². The Hall–Kier alpha value is -2.27. The highest BCUT2D eigenvalue weighted by molar-refractivity contribution is 5.75. The average Bonchev–Trinajstić information content (AvgIpc) is 2.69. The Morgan fingerprint density at radius 3 is 2.33 bits per heavy atom. The molecule has 0 aliphatic carbocycles. The van der Waals surface area contributed by atoms with Gasteiger partial charge in [-0.05, 0) is 49.6 Å². The van der Waals surface area contributed by atoms with Gasteiger partial charge >= 0.3 is 5.97 Å². The van der Waals surface area contributed by atoms with Gasteiger partial charge in [-0.25, -0.2) is 9.97 Å². The van der Waals surface area contributed by atoms with E-state index >= 15 is 0 Å². The van der Waals surface area contributed by atoms with E-state index in [1.54, 1.807) is 26.2 Å². The van der Waals surface area contributed by atoms with Gasteiger partial charge in [0.1, 0.15) is 5.75 Å². The summed E-state index contributed by atoms with van der Waals surface area (Å²) >= 11 is 0. The van der Waals surface area contributed by atoms with Gasteiger partial charge in [-0.3, -0.25) is 4.79 Å². The normalized spacial score (nSPS) is 12.0. The molecule has 5 heteroatoms. The summed E-state index contributed by atoms with van der Waals surface area (Å²) in [4.78, 5) is 20.9. The van der Waals surface area contributed by atoms with Gasteiger partial charge in [0.2, 0.25) is 0 Å². The first-order valence-electron chi connectivity index (χ1n) is 9.76. The lowest BCUT2D eigenvalue weighted by molar-refractivity contribution is -0.139. The van der Waals surface area contributed by atoms with E-state index in [-0.39, 0.29) is 11.9 Å². The zero-order valence-corrected chi connectivity index (χ0v) is 16.6. The quantitative estimate of drug-likeness (QED) is 0.322. The third-order valence-electron chi connectivity index (χ3n) is 4.42. The lowest BCUT2D eigenvalue weighted by Crippen LogP contribution is -2.21. The highest BCUT2D eigenvalue weighted by Crippen LogP contribution is 2.20. The number of carbonyl (C=O) groups is 1. The van der Waals surface area contributed by atoms with E-state index in [9.17, 15) is 4.79 Å². The van der Waals surface area contributed by atoms with Crippen molar-refractivity contribution in [3.05, 3.63) is 42.2 Å². The van der Waals surface area contributed by atoms with Crippen molar-refractivity contribution in [2.75, 3.05) is 13.7 Å². The number of aromatic nitrogens is 2. The van der Waals surface area contributed by atoms with Gasteiger partial charge in [-0.1, -0.05) is 32.6 Å². The van der Waals surface area contributed by atoms with Crippen molar-refractivity contribution in [2.45, 2.75) is 52.4 Å². The van der Waals surface area contributed by atoms with Gasteiger partial charge in [-0.2, -0.15) is 0 Å². The van der Waals surface area contributed by atoms with Crippen molar-refractivity contribution in [2.24, 2.45) is 5.92 Å². The molecule has 0 saturated heterocycles. The second-order valence-corrected chi connectivity index (χ2v) is 6.88. The number of benzene rings is 1. The number of ether oxygens (including phenoxy) is 2. The van der Waals surface area contributed by atoms with Crippen molar-refractivity contribution < 1.29 is 14.3 Å². The summed E-state index contributed by atoms with van der Waals surface area (Å²) in [6.07, 6.45) is 11.2. The number of rotatable bonds is 11. The second-order valence-electron chi connectivity index (χ2n) is 6.88. The number of nitrogens with zero attached hydrogens (tertiary/aromatic N) is 2. The molecule has 1 aromatic carbocycles. The molecule has 0 radical (unpaired) electrons. The molecule has 1 heterocycles. The fourth-order valence-electron chi connectivity index (χ4n) is 2.77. The summed E-state index contributed by atoms with van der Waals surface area (Å²) in [5.41, 5.74) is 2.07. The monoisotopic (exact) mass is 370 g/mol. The molecule has 1 atom stereocenters. The standard InChI is InChI=1S/C22H30N2O3/c1-4-5-6-7-8-9-18-14-23-21(24-15-18)19-10-12-20(13-11-19)27-22(25)17(2)16-26-3/h10-15,17H,4-9,16H2,1-3H3. The van der Waals surface area contributed by atoms with E-state index in [0.717, 1.165) is 12.0 Å². The molecular weight excluding hydrogens is 340 g/mol. The maximum Gasteiger partial charge on any atom is 0.316 e. The number of hydrogen-bond acceptors (Lipinski definition) is 5. The smallest absolute Gasteiger partial charge is 0.316 e. The Balaban J connectivity index is 1.88. The zero-order chi connectivity index (χ0) is 19.5. The van der Waals surface area contributed by atoms with Gasteiger partial charge < -0.3 is 9.47 Å². The Morgan fingerprint density at radius 1 is 1.04 bits per heavy atom. The van der Waals surface area contributed by atoms with Crippen LogP contribution in [-0.2, 0) is 16.0 Å². The summed E-state index contributed by atoms with van der Waals surface area (Å²) in [5, 5.41) is 0. The first-order chi connectivity index (χ1) is 13.1. The number of unbranched alkanes of at least 4 members (excludes halogenated alkanes) is 4. The fraction of sp³-hybridized carbons (Fsp3) is 0.500. The number of hydrogen-bond donors (Lipinski definition) is 0. The number of carbonyl (C=O) groups excluding carboxylic acids is 1. The van der Waals surface area contributed by atoms with Crippen LogP contribution in [0.4, 0.5) is 0 Å². The number of methoxy groups -OCH3 is 1. The van der Waals surface area contributed by atoms with Gasteiger partial charge in [0.25, 0.3) is 0 Å². The Kier molecular flexibility index (Phi) is 8.92. The summed E-state index contributed by atoms with van der Waals surface area (Å²) in [6.45, 7) is 4.35. The molecule has 0 saturated carbocycles. The van der Waals surface area contributed by atoms with Gasteiger partial charge in [-0.15, -0.1) is 0 Å². The van der Waals surface area contributed by atoms with E-state index in [4.69, 9.17) is 9.47 Å². The fourth-order valence-corrected chi connectivity index (χ4v) is 2.77. The molecule has 146 valence electrons. The number of aryl methyl sites for hydroxylation is 1.